The van der Waals surface area contributed by atoms with E-state index >= 15 is 0 Å². The number of aliphatic carboxylic acids is 1. The van der Waals surface area contributed by atoms with Gasteiger partial charge in [-0.25, -0.2) is 9.50 Å². The fraction of sp³-hybridized carbons (Fsp3) is 0.105. The molecule has 0 fully saturated rings. The molecule has 0 saturated heterocycles. The van der Waals surface area contributed by atoms with Gasteiger partial charge in [0.05, 0.1) is 11.2 Å². The van der Waals surface area contributed by atoms with Gasteiger partial charge >= 0.3 is 5.97 Å². The van der Waals surface area contributed by atoms with Crippen LogP contribution in [0.15, 0.2) is 53.8 Å². The van der Waals surface area contributed by atoms with E-state index in [1.165, 1.54) is 28.7 Å². The molecule has 0 aliphatic rings. The molecule has 0 saturated carbocycles. The zero-order chi connectivity index (χ0) is 20.4. The predicted octanol–water partition coefficient (Wildman–Crippen LogP) is 2.09. The highest BCUT2D eigenvalue weighted by Crippen LogP contribution is 2.30. The van der Waals surface area contributed by atoms with Crippen LogP contribution in [0, 0.1) is 0 Å². The maximum Gasteiger partial charge on any atom is 0.322 e. The Morgan fingerprint density at radius 2 is 2.00 bits per heavy atom. The third-order valence-electron chi connectivity index (χ3n) is 4.15. The van der Waals surface area contributed by atoms with Crippen molar-refractivity contribution in [1.29, 1.82) is 0 Å². The Balaban J connectivity index is 1.61. The van der Waals surface area contributed by atoms with Crippen LogP contribution in [0.1, 0.15) is 16.1 Å². The fourth-order valence-electron chi connectivity index (χ4n) is 2.84. The van der Waals surface area contributed by atoms with Crippen molar-refractivity contribution in [2.45, 2.75) is 10.8 Å². The van der Waals surface area contributed by atoms with E-state index in [1.807, 2.05) is 36.4 Å². The Hall–Kier alpha value is -3.66. The van der Waals surface area contributed by atoms with Crippen LogP contribution in [0.3, 0.4) is 0 Å². The van der Waals surface area contributed by atoms with Gasteiger partial charge < -0.3 is 15.5 Å². The molecule has 1 aromatic carbocycles. The van der Waals surface area contributed by atoms with Gasteiger partial charge in [-0.05, 0) is 12.1 Å². The molecule has 0 unspecified atom stereocenters. The number of fused-ring (bicyclic) bond motifs is 2. The number of aromatic hydroxyl groups is 1. The Kier molecular flexibility index (Phi) is 5.00. The van der Waals surface area contributed by atoms with E-state index in [0.717, 1.165) is 16.6 Å². The number of carboxylic acids is 1. The average Bonchev–Trinajstić information content (AvgIpc) is 3.19. The number of pyridine rings is 2. The van der Waals surface area contributed by atoms with E-state index in [9.17, 15) is 14.7 Å². The molecule has 10 heteroatoms. The Morgan fingerprint density at radius 3 is 2.83 bits per heavy atom. The smallest absolute Gasteiger partial charge is 0.322 e. The molecule has 0 radical (unpaired) electrons. The van der Waals surface area contributed by atoms with Gasteiger partial charge in [0.1, 0.15) is 29.2 Å². The molecule has 0 aliphatic heterocycles. The molecule has 146 valence electrons. The number of hydrogen-bond donors (Lipinski definition) is 3. The lowest BCUT2D eigenvalue weighted by atomic mass is 10.2. The van der Waals surface area contributed by atoms with Crippen molar-refractivity contribution in [2.75, 3.05) is 6.54 Å². The number of carbonyl (C=O) groups is 2. The third kappa shape index (κ3) is 3.83. The first-order chi connectivity index (χ1) is 14.0. The largest absolute Gasteiger partial charge is 0.507 e. The zero-order valence-electron chi connectivity index (χ0n) is 14.9. The fourth-order valence-corrected chi connectivity index (χ4v) is 3.75. The van der Waals surface area contributed by atoms with Crippen molar-refractivity contribution in [3.05, 3.63) is 60.0 Å². The van der Waals surface area contributed by atoms with Crippen LogP contribution >= 0.6 is 11.8 Å². The minimum atomic E-state index is -1.19. The molecule has 9 nitrogen and oxygen atoms in total. The molecular formula is C19H15N5O4S. The van der Waals surface area contributed by atoms with E-state index in [1.54, 1.807) is 0 Å². The lowest BCUT2D eigenvalue weighted by Crippen LogP contribution is -2.29. The lowest BCUT2D eigenvalue weighted by Gasteiger charge is -2.10. The number of hydrogen-bond acceptors (Lipinski definition) is 7. The van der Waals surface area contributed by atoms with Gasteiger partial charge in [-0.15, -0.1) is 0 Å². The Bertz CT molecular complexity index is 1240. The van der Waals surface area contributed by atoms with Gasteiger partial charge in [-0.1, -0.05) is 36.0 Å². The number of para-hydroxylation sites is 1. The molecular weight excluding hydrogens is 394 g/mol. The summed E-state index contributed by atoms with van der Waals surface area (Å²) in [5, 5.41) is 27.0. The van der Waals surface area contributed by atoms with E-state index in [0.29, 0.717) is 10.8 Å². The number of aromatic nitrogens is 4. The first-order valence-corrected chi connectivity index (χ1v) is 9.54. The molecule has 0 spiro atoms. The van der Waals surface area contributed by atoms with Gasteiger partial charge in [-0.2, -0.15) is 5.10 Å². The second-order valence-electron chi connectivity index (χ2n) is 6.10. The monoisotopic (exact) mass is 409 g/mol. The van der Waals surface area contributed by atoms with E-state index < -0.39 is 18.4 Å². The van der Waals surface area contributed by atoms with Crippen molar-refractivity contribution in [3.8, 4) is 5.75 Å². The third-order valence-corrected chi connectivity index (χ3v) is 5.17. The minimum Gasteiger partial charge on any atom is -0.507 e. The summed E-state index contributed by atoms with van der Waals surface area (Å²) in [6.07, 6.45) is 1.26. The number of carbonyl (C=O) groups excluding carboxylic acids is 1. The summed E-state index contributed by atoms with van der Waals surface area (Å²) in [7, 11) is 0. The van der Waals surface area contributed by atoms with Crippen molar-refractivity contribution in [2.24, 2.45) is 0 Å². The highest BCUT2D eigenvalue weighted by Gasteiger charge is 2.21. The molecule has 1 amide bonds. The van der Waals surface area contributed by atoms with Crippen LogP contribution < -0.4 is 5.32 Å². The number of benzene rings is 1. The molecule has 3 aromatic heterocycles. The number of nitrogens with zero attached hydrogens (tertiary/aromatic N) is 4. The summed E-state index contributed by atoms with van der Waals surface area (Å²) < 4.78 is 1.43. The standard InChI is InChI=1S/C19H15N5O4S/c25-14-7-15(29-9-12-6-5-11-3-1-2-4-13(11)23-12)24-18(21-10-22-24)17(14)19(28)20-8-16(26)27/h1-7,10,25H,8-9H2,(H,20,28)(H,26,27). The van der Waals surface area contributed by atoms with Crippen LogP contribution in [-0.2, 0) is 10.5 Å². The number of carboxylic acid groups (broad SMARTS) is 1. The van der Waals surface area contributed by atoms with E-state index in [4.69, 9.17) is 5.11 Å². The van der Waals surface area contributed by atoms with Crippen LogP contribution in [-0.4, -0.2) is 48.2 Å². The van der Waals surface area contributed by atoms with Crippen molar-refractivity contribution >= 4 is 40.2 Å². The summed E-state index contributed by atoms with van der Waals surface area (Å²) in [5.41, 5.74) is 1.76. The summed E-state index contributed by atoms with van der Waals surface area (Å²) in [4.78, 5) is 31.6. The second-order valence-corrected chi connectivity index (χ2v) is 7.09. The Labute approximate surface area is 168 Å². The summed E-state index contributed by atoms with van der Waals surface area (Å²) in [6, 6.07) is 13.1. The Morgan fingerprint density at radius 1 is 1.17 bits per heavy atom. The number of nitrogens with one attached hydrogen (secondary N) is 1. The van der Waals surface area contributed by atoms with E-state index in [2.05, 4.69) is 20.4 Å². The summed E-state index contributed by atoms with van der Waals surface area (Å²) in [5.74, 6) is -1.72. The summed E-state index contributed by atoms with van der Waals surface area (Å²) >= 11 is 1.38. The average molecular weight is 409 g/mol. The molecule has 4 aromatic rings. The number of thioether (sulfide) groups is 1. The molecule has 0 bridgehead atoms. The van der Waals surface area contributed by atoms with Gasteiger partial charge in [0.2, 0.25) is 0 Å². The van der Waals surface area contributed by atoms with Crippen LogP contribution in [0.2, 0.25) is 0 Å². The van der Waals surface area contributed by atoms with Gasteiger partial charge in [0, 0.05) is 17.2 Å². The first kappa shape index (κ1) is 18.7. The lowest BCUT2D eigenvalue weighted by molar-refractivity contribution is -0.135. The SMILES string of the molecule is O=C(O)CNC(=O)c1c(O)cc(SCc2ccc3ccccc3n2)n2ncnc12. The zero-order valence-corrected chi connectivity index (χ0v) is 15.8. The molecule has 4 rings (SSSR count). The topological polar surface area (TPSA) is 130 Å². The quantitative estimate of drug-likeness (QED) is 0.413. The molecule has 0 aliphatic carbocycles. The highest BCUT2D eigenvalue weighted by atomic mass is 32.2. The van der Waals surface area contributed by atoms with Crippen molar-refractivity contribution < 1.29 is 19.8 Å². The number of rotatable bonds is 6. The first-order valence-electron chi connectivity index (χ1n) is 8.56. The number of amides is 1. The van der Waals surface area contributed by atoms with E-state index in [-0.39, 0.29) is 17.0 Å². The second kappa shape index (κ2) is 7.76. The van der Waals surface area contributed by atoms with Gasteiger partial charge in [-0.3, -0.25) is 14.6 Å². The van der Waals surface area contributed by atoms with Crippen molar-refractivity contribution in [1.82, 2.24) is 24.9 Å². The minimum absolute atomic E-state index is 0.128. The predicted molar refractivity (Wildman–Crippen MR) is 106 cm³/mol. The summed E-state index contributed by atoms with van der Waals surface area (Å²) in [6.45, 7) is -0.567. The van der Waals surface area contributed by atoms with Crippen LogP contribution in [0.5, 0.6) is 5.75 Å². The highest BCUT2D eigenvalue weighted by molar-refractivity contribution is 7.98. The molecule has 29 heavy (non-hydrogen) atoms. The molecule has 3 N–H and O–H groups in total. The van der Waals surface area contributed by atoms with Gasteiger partial charge in [0.15, 0.2) is 5.65 Å². The van der Waals surface area contributed by atoms with Crippen LogP contribution in [0.25, 0.3) is 16.6 Å². The normalized spacial score (nSPS) is 11.0. The van der Waals surface area contributed by atoms with Crippen LogP contribution in [0.4, 0.5) is 0 Å². The maximum absolute atomic E-state index is 12.3. The molecule has 3 heterocycles. The maximum atomic E-state index is 12.3. The van der Waals surface area contributed by atoms with Crippen molar-refractivity contribution in [3.63, 3.8) is 0 Å². The molecule has 0 atom stereocenters. The van der Waals surface area contributed by atoms with Gasteiger partial charge in [0.25, 0.3) is 5.91 Å².